The fraction of sp³-hybridized carbons (Fsp3) is 0.0455. The van der Waals surface area contributed by atoms with Crippen molar-refractivity contribution >= 4 is 38.8 Å². The van der Waals surface area contributed by atoms with Crippen molar-refractivity contribution in [2.75, 3.05) is 10.0 Å². The van der Waals surface area contributed by atoms with Crippen LogP contribution < -0.4 is 10.0 Å². The molecule has 4 rings (SSSR count). The molecular formula is C22H18N4O3S2. The quantitative estimate of drug-likeness (QED) is 0.448. The number of nitrogens with zero attached hydrogens (tertiary/aromatic N) is 2. The van der Waals surface area contributed by atoms with Gasteiger partial charge in [-0.1, -0.05) is 36.4 Å². The van der Waals surface area contributed by atoms with Crippen molar-refractivity contribution in [2.24, 2.45) is 0 Å². The van der Waals surface area contributed by atoms with Gasteiger partial charge < -0.3 is 5.32 Å². The number of carbonyl (C=O) groups excluding carboxylic acids is 1. The van der Waals surface area contributed by atoms with Crippen LogP contribution in [0.3, 0.4) is 0 Å². The van der Waals surface area contributed by atoms with E-state index in [1.54, 1.807) is 37.3 Å². The summed E-state index contributed by atoms with van der Waals surface area (Å²) in [4.78, 5) is 21.8. The number of nitrogens with one attached hydrogen (secondary N) is 2. The standard InChI is InChI=1S/C22H18N4O3S2/c1-15-20(30-22(24-15)16-7-3-2-4-8-16)21(27)25-17-10-12-18(13-11-17)31(28,29)26-19-9-5-6-14-23-19/h2-14H,1H3,(H,23,26)(H,25,27). The Morgan fingerprint density at radius 2 is 1.65 bits per heavy atom. The summed E-state index contributed by atoms with van der Waals surface area (Å²) in [6.07, 6.45) is 1.50. The van der Waals surface area contributed by atoms with Crippen LogP contribution in [-0.2, 0) is 10.0 Å². The van der Waals surface area contributed by atoms with E-state index in [9.17, 15) is 13.2 Å². The van der Waals surface area contributed by atoms with Crippen molar-refractivity contribution in [2.45, 2.75) is 11.8 Å². The van der Waals surface area contributed by atoms with Crippen LogP contribution in [0.25, 0.3) is 10.6 Å². The Hall–Kier alpha value is -3.56. The lowest BCUT2D eigenvalue weighted by molar-refractivity contribution is 0.103. The van der Waals surface area contributed by atoms with E-state index in [1.807, 2.05) is 30.3 Å². The summed E-state index contributed by atoms with van der Waals surface area (Å²) >= 11 is 1.31. The molecule has 4 aromatic rings. The Morgan fingerprint density at radius 1 is 0.935 bits per heavy atom. The van der Waals surface area contributed by atoms with Crippen LogP contribution in [0, 0.1) is 6.92 Å². The second kappa shape index (κ2) is 8.66. The third-order valence-electron chi connectivity index (χ3n) is 4.35. The Morgan fingerprint density at radius 3 is 2.32 bits per heavy atom. The molecule has 1 amide bonds. The molecule has 0 saturated heterocycles. The first-order chi connectivity index (χ1) is 14.9. The molecule has 7 nitrogen and oxygen atoms in total. The van der Waals surface area contributed by atoms with Crippen LogP contribution in [0.5, 0.6) is 0 Å². The van der Waals surface area contributed by atoms with Gasteiger partial charge in [-0.2, -0.15) is 0 Å². The fourth-order valence-electron chi connectivity index (χ4n) is 2.84. The first-order valence-electron chi connectivity index (χ1n) is 9.30. The summed E-state index contributed by atoms with van der Waals surface area (Å²) in [5, 5.41) is 3.56. The highest BCUT2D eigenvalue weighted by atomic mass is 32.2. The highest BCUT2D eigenvalue weighted by Gasteiger charge is 2.18. The molecule has 0 unspecified atom stereocenters. The predicted octanol–water partition coefficient (Wildman–Crippen LogP) is 4.57. The van der Waals surface area contributed by atoms with Crippen LogP contribution >= 0.6 is 11.3 Å². The molecule has 2 aromatic carbocycles. The minimum atomic E-state index is -3.78. The molecule has 2 heterocycles. The van der Waals surface area contributed by atoms with Gasteiger partial charge in [-0.3, -0.25) is 9.52 Å². The van der Waals surface area contributed by atoms with Crippen LogP contribution in [0.15, 0.2) is 83.9 Å². The second-order valence-corrected chi connectivity index (χ2v) is 9.28. The molecule has 156 valence electrons. The number of aromatic nitrogens is 2. The van der Waals surface area contributed by atoms with Gasteiger partial charge >= 0.3 is 0 Å². The number of aryl methyl sites for hydroxylation is 1. The van der Waals surface area contributed by atoms with Gasteiger partial charge in [0.05, 0.1) is 10.6 Å². The molecule has 0 atom stereocenters. The van der Waals surface area contributed by atoms with Gasteiger partial charge in [0.25, 0.3) is 15.9 Å². The number of benzene rings is 2. The molecule has 2 aromatic heterocycles. The van der Waals surface area contributed by atoms with E-state index in [1.165, 1.54) is 29.7 Å². The average Bonchev–Trinajstić information content (AvgIpc) is 3.17. The Kier molecular flexibility index (Phi) is 5.79. The van der Waals surface area contributed by atoms with Crippen molar-refractivity contribution in [3.63, 3.8) is 0 Å². The molecule has 2 N–H and O–H groups in total. The van der Waals surface area contributed by atoms with Gasteiger partial charge in [-0.15, -0.1) is 11.3 Å². The van der Waals surface area contributed by atoms with Crippen LogP contribution in [0.1, 0.15) is 15.4 Å². The molecule has 0 aliphatic heterocycles. The molecule has 0 saturated carbocycles. The van der Waals surface area contributed by atoms with Crippen LogP contribution in [-0.4, -0.2) is 24.3 Å². The van der Waals surface area contributed by atoms with E-state index in [-0.39, 0.29) is 16.6 Å². The smallest absolute Gasteiger partial charge is 0.267 e. The largest absolute Gasteiger partial charge is 0.321 e. The topological polar surface area (TPSA) is 101 Å². The van der Waals surface area contributed by atoms with Gasteiger partial charge in [0.1, 0.15) is 15.7 Å². The highest BCUT2D eigenvalue weighted by Crippen LogP contribution is 2.28. The molecule has 0 bridgehead atoms. The summed E-state index contributed by atoms with van der Waals surface area (Å²) in [6.45, 7) is 1.79. The predicted molar refractivity (Wildman–Crippen MR) is 122 cm³/mol. The van der Waals surface area contributed by atoms with Gasteiger partial charge in [0.2, 0.25) is 0 Å². The second-order valence-electron chi connectivity index (χ2n) is 6.60. The first-order valence-corrected chi connectivity index (χ1v) is 11.6. The maximum Gasteiger partial charge on any atom is 0.267 e. The minimum Gasteiger partial charge on any atom is -0.321 e. The molecule has 0 fully saturated rings. The minimum absolute atomic E-state index is 0.0662. The van der Waals surface area contributed by atoms with Crippen LogP contribution in [0.4, 0.5) is 11.5 Å². The summed E-state index contributed by atoms with van der Waals surface area (Å²) in [6, 6.07) is 20.5. The third-order valence-corrected chi connectivity index (χ3v) is 6.93. The highest BCUT2D eigenvalue weighted by molar-refractivity contribution is 7.92. The number of carbonyl (C=O) groups is 1. The lowest BCUT2D eigenvalue weighted by atomic mass is 10.2. The molecule has 0 aliphatic rings. The van der Waals surface area contributed by atoms with Crippen molar-refractivity contribution in [3.8, 4) is 10.6 Å². The number of hydrogen-bond acceptors (Lipinski definition) is 6. The number of pyridine rings is 1. The summed E-state index contributed by atoms with van der Waals surface area (Å²) < 4.78 is 27.4. The van der Waals surface area contributed by atoms with Crippen molar-refractivity contribution in [1.29, 1.82) is 0 Å². The van der Waals surface area contributed by atoms with E-state index in [2.05, 4.69) is 20.0 Å². The van der Waals surface area contributed by atoms with Gasteiger partial charge in [-0.25, -0.2) is 18.4 Å². The average molecular weight is 451 g/mol. The van der Waals surface area contributed by atoms with E-state index < -0.39 is 10.0 Å². The number of amides is 1. The monoisotopic (exact) mass is 450 g/mol. The molecule has 0 spiro atoms. The Bertz CT molecular complexity index is 1300. The molecule has 9 heteroatoms. The van der Waals surface area contributed by atoms with E-state index in [0.29, 0.717) is 16.3 Å². The molecule has 0 radical (unpaired) electrons. The number of thiazole rings is 1. The number of hydrogen-bond donors (Lipinski definition) is 2. The number of anilines is 2. The van der Waals surface area contributed by atoms with Gasteiger partial charge in [-0.05, 0) is 43.3 Å². The Labute approximate surface area is 183 Å². The summed E-state index contributed by atoms with van der Waals surface area (Å²) in [5.41, 5.74) is 2.07. The molecule has 0 aliphatic carbocycles. The first kappa shape index (κ1) is 20.7. The van der Waals surface area contributed by atoms with E-state index in [0.717, 1.165) is 10.6 Å². The molecular weight excluding hydrogens is 432 g/mol. The zero-order chi connectivity index (χ0) is 21.8. The zero-order valence-electron chi connectivity index (χ0n) is 16.4. The van der Waals surface area contributed by atoms with Crippen molar-refractivity contribution < 1.29 is 13.2 Å². The lowest BCUT2D eigenvalue weighted by Gasteiger charge is -2.08. The fourth-order valence-corrected chi connectivity index (χ4v) is 4.81. The maximum absolute atomic E-state index is 12.7. The zero-order valence-corrected chi connectivity index (χ0v) is 18.1. The maximum atomic E-state index is 12.7. The van der Waals surface area contributed by atoms with Gasteiger partial charge in [0, 0.05) is 17.4 Å². The number of rotatable bonds is 6. The van der Waals surface area contributed by atoms with Crippen molar-refractivity contribution in [3.05, 3.63) is 89.6 Å². The van der Waals surface area contributed by atoms with E-state index >= 15 is 0 Å². The third kappa shape index (κ3) is 4.79. The number of sulfonamides is 1. The van der Waals surface area contributed by atoms with Gasteiger partial charge in [0.15, 0.2) is 0 Å². The van der Waals surface area contributed by atoms with E-state index in [4.69, 9.17) is 0 Å². The SMILES string of the molecule is Cc1nc(-c2ccccc2)sc1C(=O)Nc1ccc(S(=O)(=O)Nc2ccccn2)cc1. The van der Waals surface area contributed by atoms with Crippen molar-refractivity contribution in [1.82, 2.24) is 9.97 Å². The summed E-state index contributed by atoms with van der Waals surface area (Å²) in [7, 11) is -3.78. The molecule has 31 heavy (non-hydrogen) atoms. The van der Waals surface area contributed by atoms with Crippen LogP contribution in [0.2, 0.25) is 0 Å². The Balaban J connectivity index is 1.48. The normalized spacial score (nSPS) is 11.1. The lowest BCUT2D eigenvalue weighted by Crippen LogP contribution is -2.14. The summed E-state index contributed by atoms with van der Waals surface area (Å²) in [5.74, 6) is -0.0610.